The number of aryl methyl sites for hydroxylation is 1. The highest BCUT2D eigenvalue weighted by Gasteiger charge is 2.28. The summed E-state index contributed by atoms with van der Waals surface area (Å²) in [6.45, 7) is 0. The van der Waals surface area contributed by atoms with Crippen LogP contribution in [0.4, 0.5) is 4.39 Å². The van der Waals surface area contributed by atoms with Crippen molar-refractivity contribution in [3.05, 3.63) is 59.4 Å². The fourth-order valence-corrected chi connectivity index (χ4v) is 2.56. The third kappa shape index (κ3) is 2.26. The Bertz CT molecular complexity index is 610. The van der Waals surface area contributed by atoms with Gasteiger partial charge in [0.25, 0.3) is 0 Å². The minimum Gasteiger partial charge on any atom is -0.292 e. The molecule has 0 N–H and O–H groups in total. The standard InChI is InChI=1S/C15H13FN2O/c16-11-6-7-13(18-9-11)15(19)12-5-1-3-10-4-2-8-17-14(10)12/h2,4,6-9,12H,1,3,5H2. The van der Waals surface area contributed by atoms with Crippen molar-refractivity contribution in [3.8, 4) is 0 Å². The average Bonchev–Trinajstić information content (AvgIpc) is 2.47. The third-order valence-electron chi connectivity index (χ3n) is 3.49. The Balaban J connectivity index is 1.95. The number of rotatable bonds is 2. The lowest BCUT2D eigenvalue weighted by Gasteiger charge is -2.22. The monoisotopic (exact) mass is 256 g/mol. The first kappa shape index (κ1) is 12.0. The molecule has 0 aliphatic heterocycles. The maximum absolute atomic E-state index is 12.8. The van der Waals surface area contributed by atoms with Gasteiger partial charge in [-0.2, -0.15) is 0 Å². The highest BCUT2D eigenvalue weighted by atomic mass is 19.1. The lowest BCUT2D eigenvalue weighted by atomic mass is 9.83. The van der Waals surface area contributed by atoms with Crippen molar-refractivity contribution in [2.24, 2.45) is 0 Å². The zero-order valence-electron chi connectivity index (χ0n) is 10.3. The van der Waals surface area contributed by atoms with E-state index in [1.54, 1.807) is 6.20 Å². The largest absolute Gasteiger partial charge is 0.292 e. The van der Waals surface area contributed by atoms with Gasteiger partial charge in [0.05, 0.1) is 17.8 Å². The van der Waals surface area contributed by atoms with Gasteiger partial charge in [-0.15, -0.1) is 0 Å². The molecule has 0 spiro atoms. The van der Waals surface area contributed by atoms with Crippen LogP contribution in [0.15, 0.2) is 36.7 Å². The molecule has 1 unspecified atom stereocenters. The Kier molecular flexibility index (Phi) is 3.07. The molecule has 1 aliphatic rings. The predicted octanol–water partition coefficient (Wildman–Crippen LogP) is 2.92. The lowest BCUT2D eigenvalue weighted by molar-refractivity contribution is 0.0944. The van der Waals surface area contributed by atoms with Crippen molar-refractivity contribution in [3.63, 3.8) is 0 Å². The van der Waals surface area contributed by atoms with Gasteiger partial charge >= 0.3 is 0 Å². The fraction of sp³-hybridized carbons (Fsp3) is 0.267. The Morgan fingerprint density at radius 1 is 1.26 bits per heavy atom. The summed E-state index contributed by atoms with van der Waals surface area (Å²) in [6.07, 6.45) is 5.50. The minimum absolute atomic E-state index is 0.0698. The van der Waals surface area contributed by atoms with Gasteiger partial charge in [0, 0.05) is 6.20 Å². The number of hydrogen-bond donors (Lipinski definition) is 0. The van der Waals surface area contributed by atoms with Gasteiger partial charge in [-0.25, -0.2) is 4.39 Å². The maximum atomic E-state index is 12.8. The molecule has 1 atom stereocenters. The molecular formula is C15H13FN2O. The van der Waals surface area contributed by atoms with Crippen molar-refractivity contribution in [2.45, 2.75) is 25.2 Å². The molecule has 0 bridgehead atoms. The van der Waals surface area contributed by atoms with E-state index in [1.807, 2.05) is 12.1 Å². The van der Waals surface area contributed by atoms with Crippen LogP contribution in [0.3, 0.4) is 0 Å². The second-order valence-corrected chi connectivity index (χ2v) is 4.72. The van der Waals surface area contributed by atoms with Crippen molar-refractivity contribution < 1.29 is 9.18 Å². The van der Waals surface area contributed by atoms with Crippen molar-refractivity contribution in [2.75, 3.05) is 0 Å². The van der Waals surface area contributed by atoms with E-state index >= 15 is 0 Å². The van der Waals surface area contributed by atoms with Crippen LogP contribution in [0.5, 0.6) is 0 Å². The van der Waals surface area contributed by atoms with Crippen LogP contribution in [0.25, 0.3) is 0 Å². The molecule has 3 nitrogen and oxygen atoms in total. The number of nitrogens with zero attached hydrogens (tertiary/aromatic N) is 2. The van der Waals surface area contributed by atoms with Crippen LogP contribution in [0.1, 0.15) is 40.5 Å². The molecule has 0 fully saturated rings. The van der Waals surface area contributed by atoms with Gasteiger partial charge in [0.1, 0.15) is 11.5 Å². The van der Waals surface area contributed by atoms with Gasteiger partial charge in [-0.05, 0) is 43.0 Å². The number of hydrogen-bond acceptors (Lipinski definition) is 3. The molecule has 4 heteroatoms. The number of fused-ring (bicyclic) bond motifs is 1. The molecular weight excluding hydrogens is 243 g/mol. The van der Waals surface area contributed by atoms with Crippen LogP contribution in [0.2, 0.25) is 0 Å². The number of carbonyl (C=O) groups is 1. The zero-order chi connectivity index (χ0) is 13.2. The SMILES string of the molecule is O=C(c1ccc(F)cn1)C1CCCc2cccnc21. The van der Waals surface area contributed by atoms with Crippen molar-refractivity contribution >= 4 is 5.78 Å². The topological polar surface area (TPSA) is 42.9 Å². The first-order chi connectivity index (χ1) is 9.25. The van der Waals surface area contributed by atoms with Crippen LogP contribution in [-0.4, -0.2) is 15.8 Å². The molecule has 96 valence electrons. The molecule has 3 rings (SSSR count). The fourth-order valence-electron chi connectivity index (χ4n) is 2.56. The van der Waals surface area contributed by atoms with E-state index in [-0.39, 0.29) is 11.7 Å². The highest BCUT2D eigenvalue weighted by molar-refractivity contribution is 5.99. The maximum Gasteiger partial charge on any atom is 0.190 e. The number of carbonyl (C=O) groups excluding carboxylic acids is 1. The van der Waals surface area contributed by atoms with E-state index in [0.717, 1.165) is 36.7 Å². The summed E-state index contributed by atoms with van der Waals surface area (Å²) < 4.78 is 12.8. The van der Waals surface area contributed by atoms with Crippen molar-refractivity contribution in [1.29, 1.82) is 0 Å². The normalized spacial score (nSPS) is 17.8. The summed E-state index contributed by atoms with van der Waals surface area (Å²) in [5.74, 6) is -0.749. The van der Waals surface area contributed by atoms with E-state index < -0.39 is 5.82 Å². The number of Topliss-reactive ketones (excluding diaryl/α,β-unsaturated/α-hetero) is 1. The molecule has 19 heavy (non-hydrogen) atoms. The van der Waals surface area contributed by atoms with E-state index in [1.165, 1.54) is 12.1 Å². The number of aromatic nitrogens is 2. The predicted molar refractivity (Wildman–Crippen MR) is 68.4 cm³/mol. The number of halogens is 1. The van der Waals surface area contributed by atoms with E-state index in [2.05, 4.69) is 9.97 Å². The Hall–Kier alpha value is -2.10. The van der Waals surface area contributed by atoms with Crippen molar-refractivity contribution in [1.82, 2.24) is 9.97 Å². The smallest absolute Gasteiger partial charge is 0.190 e. The van der Waals surface area contributed by atoms with Crippen LogP contribution >= 0.6 is 0 Å². The van der Waals surface area contributed by atoms with Gasteiger partial charge < -0.3 is 0 Å². The number of ketones is 1. The lowest BCUT2D eigenvalue weighted by Crippen LogP contribution is -2.21. The molecule has 0 saturated carbocycles. The second-order valence-electron chi connectivity index (χ2n) is 4.72. The van der Waals surface area contributed by atoms with E-state index in [4.69, 9.17) is 0 Å². The second kappa shape index (κ2) is 4.88. The van der Waals surface area contributed by atoms with Gasteiger partial charge in [0.15, 0.2) is 5.78 Å². The van der Waals surface area contributed by atoms with Crippen LogP contribution < -0.4 is 0 Å². The summed E-state index contributed by atoms with van der Waals surface area (Å²) in [5, 5.41) is 0. The highest BCUT2D eigenvalue weighted by Crippen LogP contribution is 2.32. The first-order valence-corrected chi connectivity index (χ1v) is 6.35. The number of pyridine rings is 2. The molecule has 1 aliphatic carbocycles. The molecule has 2 aromatic rings. The van der Waals surface area contributed by atoms with Gasteiger partial charge in [-0.1, -0.05) is 6.07 Å². The molecule has 0 radical (unpaired) electrons. The molecule has 0 amide bonds. The zero-order valence-corrected chi connectivity index (χ0v) is 10.3. The molecule has 0 aromatic carbocycles. The van der Waals surface area contributed by atoms with Crippen LogP contribution in [0, 0.1) is 5.82 Å². The third-order valence-corrected chi connectivity index (χ3v) is 3.49. The average molecular weight is 256 g/mol. The Morgan fingerprint density at radius 2 is 2.16 bits per heavy atom. The minimum atomic E-state index is -0.432. The van der Waals surface area contributed by atoms with Gasteiger partial charge in [0.2, 0.25) is 0 Å². The van der Waals surface area contributed by atoms with Gasteiger partial charge in [-0.3, -0.25) is 14.8 Å². The van der Waals surface area contributed by atoms with E-state index in [9.17, 15) is 9.18 Å². The van der Waals surface area contributed by atoms with E-state index in [0.29, 0.717) is 5.69 Å². The molecule has 2 heterocycles. The molecule has 0 saturated heterocycles. The summed E-state index contributed by atoms with van der Waals surface area (Å²) >= 11 is 0. The summed E-state index contributed by atoms with van der Waals surface area (Å²) in [5.41, 5.74) is 2.30. The van der Waals surface area contributed by atoms with Crippen LogP contribution in [-0.2, 0) is 6.42 Å². The summed E-state index contributed by atoms with van der Waals surface area (Å²) in [4.78, 5) is 20.7. The summed E-state index contributed by atoms with van der Waals surface area (Å²) in [6, 6.07) is 6.61. The summed E-state index contributed by atoms with van der Waals surface area (Å²) in [7, 11) is 0. The Morgan fingerprint density at radius 3 is 2.95 bits per heavy atom. The first-order valence-electron chi connectivity index (χ1n) is 6.35. The molecule has 2 aromatic heterocycles. The Labute approximate surface area is 110 Å². The quantitative estimate of drug-likeness (QED) is 0.776.